The minimum Gasteiger partial charge on any atom is -0.494 e. The molecule has 212 valence electrons. The van der Waals surface area contributed by atoms with Gasteiger partial charge in [-0.3, -0.25) is 4.79 Å². The molecule has 41 heavy (non-hydrogen) atoms. The summed E-state index contributed by atoms with van der Waals surface area (Å²) in [5.41, 5.74) is 6.81. The second-order valence-corrected chi connectivity index (χ2v) is 10.7. The van der Waals surface area contributed by atoms with Crippen LogP contribution in [-0.4, -0.2) is 65.7 Å². The molecule has 6 rings (SSSR count). The Morgan fingerprint density at radius 1 is 1.12 bits per heavy atom. The summed E-state index contributed by atoms with van der Waals surface area (Å²) in [5, 5.41) is 7.54. The zero-order chi connectivity index (χ0) is 28.3. The number of carbonyl (C=O) groups excluding carboxylic acids is 1. The smallest absolute Gasteiger partial charge is 0.247 e. The van der Waals surface area contributed by atoms with Crippen LogP contribution in [0, 0.1) is 0 Å². The maximum Gasteiger partial charge on any atom is 0.247 e. The van der Waals surface area contributed by atoms with Crippen molar-refractivity contribution in [3.63, 3.8) is 0 Å². The number of carbonyl (C=O) groups is 1. The van der Waals surface area contributed by atoms with Crippen LogP contribution >= 0.6 is 0 Å². The quantitative estimate of drug-likeness (QED) is 0.253. The lowest BCUT2D eigenvalue weighted by atomic mass is 10.1. The molecule has 9 heteroatoms. The molecule has 0 unspecified atom stereocenters. The molecule has 4 heterocycles. The van der Waals surface area contributed by atoms with Crippen LogP contribution in [0.4, 0.5) is 23.0 Å². The first kappa shape index (κ1) is 26.8. The lowest BCUT2D eigenvalue weighted by molar-refractivity contribution is -0.111. The van der Waals surface area contributed by atoms with E-state index in [0.717, 1.165) is 56.9 Å². The van der Waals surface area contributed by atoms with Crippen LogP contribution in [0.5, 0.6) is 5.75 Å². The number of aryl methyl sites for hydroxylation is 1. The predicted molar refractivity (Wildman–Crippen MR) is 165 cm³/mol. The monoisotopic (exact) mass is 551 g/mol. The molecule has 1 amide bonds. The van der Waals surface area contributed by atoms with Crippen molar-refractivity contribution in [3.05, 3.63) is 67.0 Å². The van der Waals surface area contributed by atoms with Crippen LogP contribution in [0.15, 0.2) is 61.3 Å². The summed E-state index contributed by atoms with van der Waals surface area (Å²) in [6, 6.07) is 14.3. The van der Waals surface area contributed by atoms with Crippen LogP contribution in [0.25, 0.3) is 22.2 Å². The predicted octanol–water partition coefficient (Wildman–Crippen LogP) is 5.45. The first-order valence-electron chi connectivity index (χ1n) is 14.3. The van der Waals surface area contributed by atoms with E-state index < -0.39 is 0 Å². The number of para-hydroxylation sites is 1. The molecule has 0 aliphatic carbocycles. The Hall–Kier alpha value is -4.37. The normalized spacial score (nSPS) is 14.7. The van der Waals surface area contributed by atoms with Crippen LogP contribution < -0.4 is 20.3 Å². The highest BCUT2D eigenvalue weighted by molar-refractivity contribution is 6.02. The number of likely N-dealkylation sites (N-methyl/N-ethyl adjacent to an activating group) is 1. The number of hydrogen-bond acceptors (Lipinski definition) is 7. The molecule has 2 aliphatic rings. The second-order valence-electron chi connectivity index (χ2n) is 10.7. The highest BCUT2D eigenvalue weighted by atomic mass is 16.5. The first-order valence-corrected chi connectivity index (χ1v) is 14.3. The van der Waals surface area contributed by atoms with Crippen molar-refractivity contribution in [1.29, 1.82) is 0 Å². The molecule has 9 nitrogen and oxygen atoms in total. The fraction of sp³-hybridized carbons (Fsp3) is 0.344. The lowest BCUT2D eigenvalue weighted by Crippen LogP contribution is -2.32. The summed E-state index contributed by atoms with van der Waals surface area (Å²) in [6.45, 7) is 8.73. The zero-order valence-corrected chi connectivity index (χ0v) is 23.8. The van der Waals surface area contributed by atoms with E-state index in [9.17, 15) is 4.79 Å². The van der Waals surface area contributed by atoms with Gasteiger partial charge in [0, 0.05) is 61.1 Å². The van der Waals surface area contributed by atoms with E-state index >= 15 is 0 Å². The number of hydrogen-bond donors (Lipinski definition) is 2. The van der Waals surface area contributed by atoms with Gasteiger partial charge in [0.05, 0.1) is 29.9 Å². The number of amides is 1. The third-order valence-corrected chi connectivity index (χ3v) is 8.15. The van der Waals surface area contributed by atoms with Gasteiger partial charge in [0.15, 0.2) is 0 Å². The summed E-state index contributed by atoms with van der Waals surface area (Å²) < 4.78 is 8.22. The molecule has 0 saturated carbocycles. The Labute approximate surface area is 240 Å². The number of aromatic nitrogens is 3. The minimum atomic E-state index is -0.275. The van der Waals surface area contributed by atoms with Crippen molar-refractivity contribution < 1.29 is 9.53 Å². The third-order valence-electron chi connectivity index (χ3n) is 8.15. The molecule has 0 bridgehead atoms. The standard InChI is InChI=1S/C32H37N7O2/c1-4-30(40)34-24-20-25(29(41-3)21-28(24)37(2)18-19-38-15-7-8-16-38)36-32-33-14-13-23(35-32)31-22-10-5-6-11-26(22)39-17-9-12-27(31)39/h4-6,10-11,13-14,20-21H,1,7-9,12,15-19H2,2-3H3,(H,34,40)(H,33,35,36). The molecule has 2 aromatic carbocycles. The Bertz CT molecular complexity index is 1590. The number of nitrogens with zero attached hydrogens (tertiary/aromatic N) is 5. The van der Waals surface area contributed by atoms with E-state index in [-0.39, 0.29) is 5.91 Å². The molecule has 0 atom stereocenters. The highest BCUT2D eigenvalue weighted by Crippen LogP contribution is 2.40. The maximum absolute atomic E-state index is 12.4. The summed E-state index contributed by atoms with van der Waals surface area (Å²) in [4.78, 5) is 26.5. The van der Waals surface area contributed by atoms with Crippen LogP contribution in [-0.2, 0) is 17.8 Å². The van der Waals surface area contributed by atoms with Gasteiger partial charge in [0.2, 0.25) is 11.9 Å². The summed E-state index contributed by atoms with van der Waals surface area (Å²) in [5.74, 6) is 0.816. The van der Waals surface area contributed by atoms with Crippen LogP contribution in [0.3, 0.4) is 0 Å². The first-order chi connectivity index (χ1) is 20.1. The molecule has 2 aromatic heterocycles. The average molecular weight is 552 g/mol. The van der Waals surface area contributed by atoms with E-state index in [1.807, 2.05) is 25.2 Å². The Morgan fingerprint density at radius 2 is 1.95 bits per heavy atom. The number of rotatable bonds is 10. The van der Waals surface area contributed by atoms with E-state index in [0.29, 0.717) is 23.1 Å². The molecular weight excluding hydrogens is 514 g/mol. The van der Waals surface area contributed by atoms with Crippen molar-refractivity contribution >= 4 is 39.8 Å². The van der Waals surface area contributed by atoms with Crippen LogP contribution in [0.1, 0.15) is 25.0 Å². The number of likely N-dealkylation sites (tertiary alicyclic amines) is 1. The number of fused-ring (bicyclic) bond motifs is 3. The van der Waals surface area contributed by atoms with Gasteiger partial charge in [-0.1, -0.05) is 24.8 Å². The van der Waals surface area contributed by atoms with Gasteiger partial charge in [-0.2, -0.15) is 0 Å². The molecule has 0 radical (unpaired) electrons. The Kier molecular flexibility index (Phi) is 7.61. The minimum absolute atomic E-state index is 0.275. The van der Waals surface area contributed by atoms with Gasteiger partial charge in [0.1, 0.15) is 5.75 Å². The molecule has 2 aliphatic heterocycles. The molecule has 1 saturated heterocycles. The topological polar surface area (TPSA) is 87.5 Å². The van der Waals surface area contributed by atoms with E-state index in [1.54, 1.807) is 13.3 Å². The molecule has 4 aromatic rings. The number of ether oxygens (including phenoxy) is 1. The molecule has 1 fully saturated rings. The van der Waals surface area contributed by atoms with Gasteiger partial charge in [-0.15, -0.1) is 0 Å². The summed E-state index contributed by atoms with van der Waals surface area (Å²) >= 11 is 0. The highest BCUT2D eigenvalue weighted by Gasteiger charge is 2.23. The average Bonchev–Trinajstić information content (AvgIpc) is 3.74. The van der Waals surface area contributed by atoms with Gasteiger partial charge in [0.25, 0.3) is 0 Å². The van der Waals surface area contributed by atoms with E-state index in [1.165, 1.54) is 41.1 Å². The Morgan fingerprint density at radius 3 is 2.76 bits per heavy atom. The maximum atomic E-state index is 12.4. The van der Waals surface area contributed by atoms with Crippen molar-refractivity contribution in [2.24, 2.45) is 0 Å². The molecule has 2 N–H and O–H groups in total. The third kappa shape index (κ3) is 5.37. The second kappa shape index (κ2) is 11.6. The lowest BCUT2D eigenvalue weighted by Gasteiger charge is -2.26. The largest absolute Gasteiger partial charge is 0.494 e. The number of nitrogens with one attached hydrogen (secondary N) is 2. The Balaban J connectivity index is 1.33. The molecule has 0 spiro atoms. The van der Waals surface area contributed by atoms with Crippen molar-refractivity contribution in [2.75, 3.05) is 55.9 Å². The zero-order valence-electron chi connectivity index (χ0n) is 23.8. The van der Waals surface area contributed by atoms with E-state index in [4.69, 9.17) is 9.72 Å². The fourth-order valence-corrected chi connectivity index (χ4v) is 6.09. The van der Waals surface area contributed by atoms with Gasteiger partial charge >= 0.3 is 0 Å². The number of methoxy groups -OCH3 is 1. The number of anilines is 4. The molecular formula is C32H37N7O2. The van der Waals surface area contributed by atoms with Gasteiger partial charge in [-0.05, 0) is 63.0 Å². The van der Waals surface area contributed by atoms with Crippen molar-refractivity contribution in [2.45, 2.75) is 32.2 Å². The fourth-order valence-electron chi connectivity index (χ4n) is 6.09. The van der Waals surface area contributed by atoms with Crippen LogP contribution in [0.2, 0.25) is 0 Å². The SMILES string of the molecule is C=CC(=O)Nc1cc(Nc2nccc(-c3c4n(c5ccccc35)CCC4)n2)c(OC)cc1N(C)CCN1CCCC1. The van der Waals surface area contributed by atoms with E-state index in [2.05, 4.69) is 60.8 Å². The summed E-state index contributed by atoms with van der Waals surface area (Å²) in [7, 11) is 3.68. The van der Waals surface area contributed by atoms with Crippen molar-refractivity contribution in [3.8, 4) is 17.0 Å². The summed E-state index contributed by atoms with van der Waals surface area (Å²) in [6.07, 6.45) is 7.74. The van der Waals surface area contributed by atoms with Gasteiger partial charge in [-0.25, -0.2) is 9.97 Å². The van der Waals surface area contributed by atoms with Crippen molar-refractivity contribution in [1.82, 2.24) is 19.4 Å². The van der Waals surface area contributed by atoms with Gasteiger partial charge < -0.3 is 29.7 Å². The number of benzene rings is 2.